The fourth-order valence-corrected chi connectivity index (χ4v) is 2.01. The summed E-state index contributed by atoms with van der Waals surface area (Å²) in [5, 5.41) is 3.63. The van der Waals surface area contributed by atoms with Gasteiger partial charge in [0.25, 0.3) is 0 Å². The van der Waals surface area contributed by atoms with Crippen molar-refractivity contribution in [3.05, 3.63) is 0 Å². The molecule has 1 aliphatic heterocycles. The molecule has 0 aromatic heterocycles. The Morgan fingerprint density at radius 3 is 1.31 bits per heavy atom. The molecule has 0 aromatic carbocycles. The number of rotatable bonds is 0. The molecule has 1 saturated heterocycles. The average Bonchev–Trinajstić information content (AvgIpc) is 1.56. The first-order valence-corrected chi connectivity index (χ1v) is 4.21. The molecule has 1 rings (SSSR count). The van der Waals surface area contributed by atoms with E-state index >= 15 is 0 Å². The van der Waals surface area contributed by atoms with Gasteiger partial charge in [0.2, 0.25) is 0 Å². The number of hydrogen-bond acceptors (Lipinski definition) is 1. The van der Waals surface area contributed by atoms with Gasteiger partial charge in [-0.3, -0.25) is 0 Å². The van der Waals surface area contributed by atoms with E-state index in [0.29, 0.717) is 11.1 Å². The Morgan fingerprint density at radius 2 is 1.15 bits per heavy atom. The zero-order valence-corrected chi connectivity index (χ0v) is 12.0. The van der Waals surface area contributed by atoms with Crippen molar-refractivity contribution in [1.29, 1.82) is 0 Å². The summed E-state index contributed by atoms with van der Waals surface area (Å²) in [6.07, 6.45) is 4.00. The van der Waals surface area contributed by atoms with Gasteiger partial charge in [0.1, 0.15) is 0 Å². The quantitative estimate of drug-likeness (QED) is 0.422. The standard InChI is InChI=1S/C9H19N.2ClH.Mg/c1-8(2)6-5-7-9(3,4)10-8;;;/h10H,5-7H2,1-4H3;2*1H;/q;;;+2/p-2. The molecule has 0 amide bonds. The van der Waals surface area contributed by atoms with Crippen molar-refractivity contribution in [3.8, 4) is 0 Å². The van der Waals surface area contributed by atoms with Gasteiger partial charge in [0.05, 0.1) is 0 Å². The van der Waals surface area contributed by atoms with Gasteiger partial charge in [-0.1, -0.05) is 0 Å². The van der Waals surface area contributed by atoms with Crippen LogP contribution in [0.4, 0.5) is 0 Å². The maximum Gasteiger partial charge on any atom is 2.00 e. The Balaban J connectivity index is -0.000000333. The number of nitrogens with one attached hydrogen (secondary N) is 1. The van der Waals surface area contributed by atoms with Crippen molar-refractivity contribution in [2.75, 3.05) is 0 Å². The van der Waals surface area contributed by atoms with E-state index in [1.54, 1.807) is 0 Å². The van der Waals surface area contributed by atoms with Crippen LogP contribution in [0, 0.1) is 0 Å². The summed E-state index contributed by atoms with van der Waals surface area (Å²) < 4.78 is 0. The van der Waals surface area contributed by atoms with Crippen molar-refractivity contribution in [1.82, 2.24) is 5.32 Å². The van der Waals surface area contributed by atoms with Crippen LogP contribution >= 0.6 is 0 Å². The van der Waals surface area contributed by atoms with Gasteiger partial charge >= 0.3 is 23.1 Å². The van der Waals surface area contributed by atoms with Gasteiger partial charge in [0, 0.05) is 11.1 Å². The molecule has 76 valence electrons. The van der Waals surface area contributed by atoms with Crippen molar-refractivity contribution >= 4 is 23.1 Å². The fourth-order valence-electron chi connectivity index (χ4n) is 2.01. The smallest absolute Gasteiger partial charge is 1.00 e. The van der Waals surface area contributed by atoms with Gasteiger partial charge in [-0.05, 0) is 47.0 Å². The molecule has 1 heterocycles. The summed E-state index contributed by atoms with van der Waals surface area (Å²) in [5.41, 5.74) is 0.726. The molecule has 0 bridgehead atoms. The average molecular weight is 236 g/mol. The molecular weight excluding hydrogens is 217 g/mol. The van der Waals surface area contributed by atoms with E-state index in [-0.39, 0.29) is 47.9 Å². The third-order valence-electron chi connectivity index (χ3n) is 2.28. The Labute approximate surface area is 111 Å². The molecule has 0 atom stereocenters. The van der Waals surface area contributed by atoms with E-state index in [2.05, 4.69) is 33.0 Å². The zero-order chi connectivity index (χ0) is 7.83. The number of piperidine rings is 1. The van der Waals surface area contributed by atoms with Crippen molar-refractivity contribution < 1.29 is 24.8 Å². The third-order valence-corrected chi connectivity index (χ3v) is 2.28. The minimum Gasteiger partial charge on any atom is -1.00 e. The maximum atomic E-state index is 3.63. The Kier molecular flexibility index (Phi) is 10.3. The second-order valence-corrected chi connectivity index (χ2v) is 4.75. The summed E-state index contributed by atoms with van der Waals surface area (Å²) in [6, 6.07) is 0. The molecule has 1 nitrogen and oxygen atoms in total. The minimum absolute atomic E-state index is 0. The molecule has 0 aliphatic carbocycles. The van der Waals surface area contributed by atoms with Crippen LogP contribution in [0.5, 0.6) is 0 Å². The topological polar surface area (TPSA) is 12.0 Å². The first-order chi connectivity index (χ1) is 4.41. The molecule has 13 heavy (non-hydrogen) atoms. The fraction of sp³-hybridized carbons (Fsp3) is 1.00. The molecule has 0 aromatic rings. The molecule has 1 N–H and O–H groups in total. The van der Waals surface area contributed by atoms with Gasteiger partial charge in [-0.2, -0.15) is 0 Å². The van der Waals surface area contributed by atoms with Crippen LogP contribution < -0.4 is 30.1 Å². The number of hydrogen-bond donors (Lipinski definition) is 1. The summed E-state index contributed by atoms with van der Waals surface area (Å²) in [4.78, 5) is 0. The Hall–Kier alpha value is 1.31. The predicted molar refractivity (Wildman–Crippen MR) is 50.9 cm³/mol. The first kappa shape index (κ1) is 19.8. The molecule has 4 heteroatoms. The van der Waals surface area contributed by atoms with E-state index in [9.17, 15) is 0 Å². The molecule has 0 radical (unpaired) electrons. The second-order valence-electron chi connectivity index (χ2n) is 4.75. The summed E-state index contributed by atoms with van der Waals surface area (Å²) in [5.74, 6) is 0. The van der Waals surface area contributed by atoms with E-state index in [1.807, 2.05) is 0 Å². The van der Waals surface area contributed by atoms with Crippen molar-refractivity contribution in [2.24, 2.45) is 0 Å². The zero-order valence-electron chi connectivity index (χ0n) is 9.08. The van der Waals surface area contributed by atoms with Crippen LogP contribution in [-0.4, -0.2) is 34.1 Å². The molecule has 0 spiro atoms. The SMILES string of the molecule is CC1(C)CCCC(C)(C)N1.[Cl-].[Cl-].[Mg+2]. The minimum atomic E-state index is 0. The molecule has 0 unspecified atom stereocenters. The third kappa shape index (κ3) is 7.26. The Morgan fingerprint density at radius 1 is 0.846 bits per heavy atom. The summed E-state index contributed by atoms with van der Waals surface area (Å²) in [6.45, 7) is 9.14. The van der Waals surface area contributed by atoms with E-state index in [4.69, 9.17) is 0 Å². The normalized spacial score (nSPS) is 23.1. The molecular formula is C9H19Cl2MgN. The van der Waals surface area contributed by atoms with Crippen molar-refractivity contribution in [3.63, 3.8) is 0 Å². The summed E-state index contributed by atoms with van der Waals surface area (Å²) >= 11 is 0. The van der Waals surface area contributed by atoms with Crippen LogP contribution in [0.25, 0.3) is 0 Å². The van der Waals surface area contributed by atoms with Crippen LogP contribution in [0.3, 0.4) is 0 Å². The largest absolute Gasteiger partial charge is 2.00 e. The molecule has 1 fully saturated rings. The van der Waals surface area contributed by atoms with Crippen molar-refractivity contribution in [2.45, 2.75) is 58.0 Å². The molecule has 0 saturated carbocycles. The van der Waals surface area contributed by atoms with Gasteiger partial charge in [-0.25, -0.2) is 0 Å². The van der Waals surface area contributed by atoms with E-state index in [1.165, 1.54) is 19.3 Å². The van der Waals surface area contributed by atoms with E-state index < -0.39 is 0 Å². The Bertz CT molecular complexity index is 124. The summed E-state index contributed by atoms with van der Waals surface area (Å²) in [7, 11) is 0. The van der Waals surface area contributed by atoms with Gasteiger partial charge in [0.15, 0.2) is 0 Å². The molecule has 1 aliphatic rings. The monoisotopic (exact) mass is 235 g/mol. The number of halogens is 2. The predicted octanol–water partition coefficient (Wildman–Crippen LogP) is -4.06. The van der Waals surface area contributed by atoms with E-state index in [0.717, 1.165) is 0 Å². The second kappa shape index (κ2) is 6.73. The van der Waals surface area contributed by atoms with Gasteiger partial charge in [-0.15, -0.1) is 0 Å². The van der Waals surface area contributed by atoms with Crippen LogP contribution in [0.2, 0.25) is 0 Å². The first-order valence-electron chi connectivity index (χ1n) is 4.21. The maximum absolute atomic E-state index is 3.63. The van der Waals surface area contributed by atoms with Gasteiger partial charge < -0.3 is 30.1 Å². The van der Waals surface area contributed by atoms with Crippen LogP contribution in [0.15, 0.2) is 0 Å². The van der Waals surface area contributed by atoms with Crippen LogP contribution in [-0.2, 0) is 0 Å². The van der Waals surface area contributed by atoms with Crippen LogP contribution in [0.1, 0.15) is 47.0 Å².